The molecule has 0 saturated heterocycles. The first-order chi connectivity index (χ1) is 23.2. The molecule has 3 heteroatoms. The Labute approximate surface area is 274 Å². The van der Waals surface area contributed by atoms with Crippen molar-refractivity contribution in [2.24, 2.45) is 0 Å². The number of para-hydroxylation sites is 2. The second-order valence-corrected chi connectivity index (χ2v) is 13.8. The second kappa shape index (κ2) is 8.94. The highest BCUT2D eigenvalue weighted by molar-refractivity contribution is 7.24. The van der Waals surface area contributed by atoms with E-state index in [1.807, 2.05) is 18.2 Å². The molecule has 0 saturated carbocycles. The molecule has 2 aliphatic carbocycles. The van der Waals surface area contributed by atoms with Crippen LogP contribution in [0.2, 0.25) is 0 Å². The van der Waals surface area contributed by atoms with Gasteiger partial charge in [-0.3, -0.25) is 4.79 Å². The molecule has 7 aromatic carbocycles. The molecule has 2 aromatic heterocycles. The summed E-state index contributed by atoms with van der Waals surface area (Å²) in [5, 5.41) is 4.08. The van der Waals surface area contributed by atoms with E-state index < -0.39 is 5.41 Å². The number of hydrogen-bond acceptors (Lipinski definition) is 2. The van der Waals surface area contributed by atoms with Crippen LogP contribution in [0.25, 0.3) is 69.9 Å². The summed E-state index contributed by atoms with van der Waals surface area (Å²) in [4.78, 5) is 13.9. The fourth-order valence-electron chi connectivity index (χ4n) is 8.75. The van der Waals surface area contributed by atoms with Crippen molar-refractivity contribution in [3.63, 3.8) is 0 Å². The summed E-state index contributed by atoms with van der Waals surface area (Å²) in [5.41, 5.74) is 13.2. The minimum absolute atomic E-state index is 0.109. The van der Waals surface area contributed by atoms with E-state index in [1.165, 1.54) is 60.8 Å². The van der Waals surface area contributed by atoms with Crippen molar-refractivity contribution in [3.8, 4) is 27.9 Å². The number of benzene rings is 7. The van der Waals surface area contributed by atoms with Crippen LogP contribution in [-0.2, 0) is 5.41 Å². The molecule has 0 radical (unpaired) electrons. The fourth-order valence-corrected chi connectivity index (χ4v) is 9.84. The van der Waals surface area contributed by atoms with Gasteiger partial charge in [0.1, 0.15) is 0 Å². The minimum atomic E-state index is -0.502. The summed E-state index contributed by atoms with van der Waals surface area (Å²) < 4.78 is 4.47. The number of fused-ring (bicyclic) bond motifs is 15. The summed E-state index contributed by atoms with van der Waals surface area (Å²) in [7, 11) is 0. The summed E-state index contributed by atoms with van der Waals surface area (Å²) in [6, 6.07) is 54.7. The van der Waals surface area contributed by atoms with Crippen molar-refractivity contribution in [2.45, 2.75) is 5.41 Å². The molecule has 2 heterocycles. The molecular weight excluding hydrogens is 591 g/mol. The zero-order valence-electron chi connectivity index (χ0n) is 25.2. The van der Waals surface area contributed by atoms with Gasteiger partial charge in [0.25, 0.3) is 0 Å². The second-order valence-electron chi connectivity index (χ2n) is 12.8. The van der Waals surface area contributed by atoms with E-state index in [4.69, 9.17) is 0 Å². The Balaban J connectivity index is 1.32. The van der Waals surface area contributed by atoms with E-state index in [9.17, 15) is 4.79 Å². The van der Waals surface area contributed by atoms with E-state index >= 15 is 0 Å². The van der Waals surface area contributed by atoms with Crippen LogP contribution in [0.1, 0.15) is 22.3 Å². The Hall–Kier alpha value is -5.77. The van der Waals surface area contributed by atoms with Crippen LogP contribution >= 0.6 is 11.3 Å². The first kappa shape index (κ1) is 25.4. The van der Waals surface area contributed by atoms with Crippen molar-refractivity contribution < 1.29 is 0 Å². The Bertz CT molecular complexity index is 2880. The maximum atomic E-state index is 13.9. The van der Waals surface area contributed by atoms with Crippen molar-refractivity contribution in [1.29, 1.82) is 0 Å². The van der Waals surface area contributed by atoms with E-state index in [2.05, 4.69) is 138 Å². The van der Waals surface area contributed by atoms with Gasteiger partial charge in [-0.1, -0.05) is 97.1 Å². The molecule has 0 N–H and O–H groups in total. The molecule has 11 rings (SSSR count). The van der Waals surface area contributed by atoms with Crippen LogP contribution in [0.5, 0.6) is 0 Å². The van der Waals surface area contributed by atoms with Crippen molar-refractivity contribution in [1.82, 2.24) is 4.57 Å². The van der Waals surface area contributed by atoms with E-state index in [-0.39, 0.29) is 5.43 Å². The van der Waals surface area contributed by atoms with Gasteiger partial charge >= 0.3 is 0 Å². The summed E-state index contributed by atoms with van der Waals surface area (Å²) in [6.07, 6.45) is 0. The Morgan fingerprint density at radius 2 is 1.04 bits per heavy atom. The van der Waals surface area contributed by atoms with Crippen LogP contribution in [0.4, 0.5) is 0 Å². The van der Waals surface area contributed by atoms with Crippen LogP contribution in [0.3, 0.4) is 0 Å². The van der Waals surface area contributed by atoms with Gasteiger partial charge < -0.3 is 4.57 Å². The van der Waals surface area contributed by atoms with Gasteiger partial charge in [-0.2, -0.15) is 0 Å². The van der Waals surface area contributed by atoms with Gasteiger partial charge in [0.15, 0.2) is 5.43 Å². The molecule has 0 bridgehead atoms. The van der Waals surface area contributed by atoms with E-state index in [1.54, 1.807) is 11.3 Å². The third-order valence-corrected chi connectivity index (χ3v) is 11.7. The average Bonchev–Trinajstić information content (AvgIpc) is 3.71. The zero-order valence-corrected chi connectivity index (χ0v) is 26.0. The monoisotopic (exact) mass is 615 g/mol. The van der Waals surface area contributed by atoms with Crippen LogP contribution < -0.4 is 5.43 Å². The molecule has 47 heavy (non-hydrogen) atoms. The molecule has 1 atom stereocenters. The molecular formula is C44H25NOS. The van der Waals surface area contributed by atoms with Gasteiger partial charge in [-0.15, -0.1) is 11.3 Å². The predicted molar refractivity (Wildman–Crippen MR) is 196 cm³/mol. The Morgan fingerprint density at radius 3 is 1.83 bits per heavy atom. The number of hydrogen-bond donors (Lipinski definition) is 0. The quantitative estimate of drug-likeness (QED) is 0.168. The minimum Gasteiger partial charge on any atom is -0.309 e. The standard InChI is InChI=1S/C44H25NOS/c46-43-30-17-7-11-21-41(30)47-42-25-38-31(22-34(42)43)27-14-4-8-18-35(27)44(38)36-19-9-5-15-28(36)32-24-40-33(23-37(32)44)29-16-6-10-20-39(29)45(40)26-12-2-1-3-13-26/h1-25H. The van der Waals surface area contributed by atoms with Crippen LogP contribution in [0.15, 0.2) is 156 Å². The molecule has 0 amide bonds. The number of aromatic nitrogens is 1. The largest absolute Gasteiger partial charge is 0.309 e. The molecule has 9 aromatic rings. The first-order valence-electron chi connectivity index (χ1n) is 16.1. The molecule has 0 aliphatic heterocycles. The first-order valence-corrected chi connectivity index (χ1v) is 16.9. The normalized spacial score (nSPS) is 15.8. The highest BCUT2D eigenvalue weighted by Gasteiger charge is 2.52. The SMILES string of the molecule is O=c1c2ccccc2sc2cc3c(cc12)-c1ccccc1C31c2ccccc2-c2cc3c(cc21)c1ccccc1n3-c1ccccc1. The third-order valence-electron chi connectivity index (χ3n) is 10.6. The molecule has 0 fully saturated rings. The number of rotatable bonds is 1. The van der Waals surface area contributed by atoms with Gasteiger partial charge in [0.2, 0.25) is 0 Å². The zero-order chi connectivity index (χ0) is 30.9. The third kappa shape index (κ3) is 3.08. The lowest BCUT2D eigenvalue weighted by Gasteiger charge is -2.30. The van der Waals surface area contributed by atoms with Crippen molar-refractivity contribution >= 4 is 53.3 Å². The molecule has 218 valence electrons. The lowest BCUT2D eigenvalue weighted by molar-refractivity contribution is 0.796. The van der Waals surface area contributed by atoms with Gasteiger partial charge in [0, 0.05) is 36.6 Å². The molecule has 2 aliphatic rings. The summed E-state index contributed by atoms with van der Waals surface area (Å²) in [5.74, 6) is 0. The summed E-state index contributed by atoms with van der Waals surface area (Å²) in [6.45, 7) is 0. The van der Waals surface area contributed by atoms with Crippen LogP contribution in [-0.4, -0.2) is 4.57 Å². The van der Waals surface area contributed by atoms with E-state index in [0.717, 1.165) is 31.4 Å². The van der Waals surface area contributed by atoms with Crippen molar-refractivity contribution in [2.75, 3.05) is 0 Å². The average molecular weight is 616 g/mol. The topological polar surface area (TPSA) is 22.0 Å². The highest BCUT2D eigenvalue weighted by Crippen LogP contribution is 2.64. The maximum Gasteiger partial charge on any atom is 0.195 e. The Morgan fingerprint density at radius 1 is 0.426 bits per heavy atom. The smallest absolute Gasteiger partial charge is 0.195 e. The highest BCUT2D eigenvalue weighted by atomic mass is 32.1. The molecule has 1 unspecified atom stereocenters. The predicted octanol–water partition coefficient (Wildman–Crippen LogP) is 10.9. The molecule has 2 nitrogen and oxygen atoms in total. The summed E-state index contributed by atoms with van der Waals surface area (Å²) >= 11 is 1.72. The van der Waals surface area contributed by atoms with Crippen molar-refractivity contribution in [3.05, 3.63) is 184 Å². The van der Waals surface area contributed by atoms with Gasteiger partial charge in [-0.05, 0) is 99.1 Å². The fraction of sp³-hybridized carbons (Fsp3) is 0.0227. The molecule has 1 spiro atoms. The van der Waals surface area contributed by atoms with E-state index in [0.29, 0.717) is 0 Å². The lowest BCUT2D eigenvalue weighted by Crippen LogP contribution is -2.25. The van der Waals surface area contributed by atoms with Crippen LogP contribution in [0, 0.1) is 0 Å². The van der Waals surface area contributed by atoms with Gasteiger partial charge in [-0.25, -0.2) is 0 Å². The maximum absolute atomic E-state index is 13.9. The number of nitrogens with zero attached hydrogens (tertiary/aromatic N) is 1. The lowest BCUT2D eigenvalue weighted by atomic mass is 9.70. The van der Waals surface area contributed by atoms with Gasteiger partial charge in [0.05, 0.1) is 16.4 Å². The Kier molecular flexibility index (Phi) is 4.83.